The minimum absolute atomic E-state index is 0.181. The van der Waals surface area contributed by atoms with Crippen LogP contribution in [0, 0.1) is 5.92 Å². The third-order valence-corrected chi connectivity index (χ3v) is 4.65. The summed E-state index contributed by atoms with van der Waals surface area (Å²) in [4.78, 5) is 15.7. The number of anilines is 1. The predicted octanol–water partition coefficient (Wildman–Crippen LogP) is 3.62. The third-order valence-electron chi connectivity index (χ3n) is 3.86. The van der Waals surface area contributed by atoms with Crippen molar-refractivity contribution in [2.45, 2.75) is 32.8 Å². The Hall–Kier alpha value is -2.25. The van der Waals surface area contributed by atoms with Crippen molar-refractivity contribution in [3.05, 3.63) is 46.5 Å². The zero-order valence-electron chi connectivity index (χ0n) is 14.8. The van der Waals surface area contributed by atoms with Gasteiger partial charge in [0.05, 0.1) is 31.5 Å². The molecule has 1 aromatic heterocycles. The van der Waals surface area contributed by atoms with E-state index in [1.165, 1.54) is 29.7 Å². The lowest BCUT2D eigenvalue weighted by atomic mass is 10.1. The summed E-state index contributed by atoms with van der Waals surface area (Å²) in [5.41, 5.74) is 5.73. The second kappa shape index (κ2) is 9.45. The monoisotopic (exact) mass is 373 g/mol. The lowest BCUT2D eigenvalue weighted by Gasteiger charge is -2.03. The van der Waals surface area contributed by atoms with Crippen molar-refractivity contribution in [3.8, 4) is 0 Å². The van der Waals surface area contributed by atoms with E-state index in [0.29, 0.717) is 24.0 Å². The molecule has 0 amide bonds. The van der Waals surface area contributed by atoms with E-state index in [-0.39, 0.29) is 12.4 Å². The molecule has 7 heteroatoms. The summed E-state index contributed by atoms with van der Waals surface area (Å²) < 4.78 is 10.6. The number of carbonyl (C=O) groups excluding carboxylic acids is 1. The summed E-state index contributed by atoms with van der Waals surface area (Å²) in [5, 5.41) is 6.66. The second-order valence-corrected chi connectivity index (χ2v) is 7.05. The maximum atomic E-state index is 11.4. The van der Waals surface area contributed by atoms with Gasteiger partial charge >= 0.3 is 5.97 Å². The zero-order chi connectivity index (χ0) is 18.2. The molecule has 2 aromatic rings. The molecule has 0 bridgehead atoms. The van der Waals surface area contributed by atoms with Gasteiger partial charge in [-0.3, -0.25) is 10.2 Å². The van der Waals surface area contributed by atoms with Crippen LogP contribution in [0.25, 0.3) is 0 Å². The van der Waals surface area contributed by atoms with Gasteiger partial charge in [-0.2, -0.15) is 5.10 Å². The molecular formula is C19H23N3O3S. The Kier molecular flexibility index (Phi) is 6.74. The lowest BCUT2D eigenvalue weighted by Crippen LogP contribution is -2.07. The highest BCUT2D eigenvalue weighted by atomic mass is 32.1. The minimum Gasteiger partial charge on any atom is -0.466 e. The van der Waals surface area contributed by atoms with Gasteiger partial charge in [-0.05, 0) is 36.8 Å². The fraction of sp³-hybridized carbons (Fsp3) is 0.421. The molecule has 1 aliphatic carbocycles. The van der Waals surface area contributed by atoms with E-state index in [1.807, 2.05) is 17.5 Å². The first kappa shape index (κ1) is 18.5. The molecule has 1 aliphatic rings. The van der Waals surface area contributed by atoms with Gasteiger partial charge in [-0.1, -0.05) is 24.3 Å². The standard InChI is InChI=1S/C19H23N3O3S/c1-2-25-18(23)9-17-13-26-19(21-17)22-20-10-14-3-5-15(6-4-14)11-24-12-16-7-8-16/h3-6,10,13,16H,2,7-9,11-12H2,1H3,(H,21,22). The lowest BCUT2D eigenvalue weighted by molar-refractivity contribution is -0.142. The Morgan fingerprint density at radius 1 is 1.38 bits per heavy atom. The first-order valence-electron chi connectivity index (χ1n) is 8.78. The molecule has 6 nitrogen and oxygen atoms in total. The highest BCUT2D eigenvalue weighted by Gasteiger charge is 2.20. The van der Waals surface area contributed by atoms with Crippen LogP contribution >= 0.6 is 11.3 Å². The Morgan fingerprint density at radius 2 is 2.19 bits per heavy atom. The SMILES string of the molecule is CCOC(=O)Cc1csc(NN=Cc2ccc(COCC3CC3)cc2)n1. The third kappa shape index (κ3) is 6.24. The smallest absolute Gasteiger partial charge is 0.311 e. The zero-order valence-corrected chi connectivity index (χ0v) is 15.6. The van der Waals surface area contributed by atoms with E-state index < -0.39 is 0 Å². The van der Waals surface area contributed by atoms with E-state index in [4.69, 9.17) is 9.47 Å². The van der Waals surface area contributed by atoms with Crippen LogP contribution in [0.5, 0.6) is 0 Å². The number of hydrogen-bond acceptors (Lipinski definition) is 7. The first-order chi connectivity index (χ1) is 12.7. The summed E-state index contributed by atoms with van der Waals surface area (Å²) in [6, 6.07) is 8.12. The Labute approximate surface area is 157 Å². The fourth-order valence-corrected chi connectivity index (χ4v) is 2.95. The highest BCUT2D eigenvalue weighted by molar-refractivity contribution is 7.13. The maximum Gasteiger partial charge on any atom is 0.311 e. The van der Waals surface area contributed by atoms with Crippen molar-refractivity contribution in [1.82, 2.24) is 4.98 Å². The van der Waals surface area contributed by atoms with Gasteiger partial charge < -0.3 is 9.47 Å². The molecule has 0 radical (unpaired) electrons. The molecule has 1 fully saturated rings. The van der Waals surface area contributed by atoms with Gasteiger partial charge in [0.15, 0.2) is 0 Å². The van der Waals surface area contributed by atoms with Crippen molar-refractivity contribution in [2.75, 3.05) is 18.6 Å². The molecule has 0 atom stereocenters. The van der Waals surface area contributed by atoms with Crippen molar-refractivity contribution in [1.29, 1.82) is 0 Å². The molecule has 138 valence electrons. The van der Waals surface area contributed by atoms with Gasteiger partial charge in [0.2, 0.25) is 5.13 Å². The van der Waals surface area contributed by atoms with Gasteiger partial charge in [0.25, 0.3) is 0 Å². The quantitative estimate of drug-likeness (QED) is 0.391. The molecule has 0 aliphatic heterocycles. The van der Waals surface area contributed by atoms with Gasteiger partial charge in [-0.15, -0.1) is 11.3 Å². The molecule has 0 unspecified atom stereocenters. The Balaban J connectivity index is 1.42. The van der Waals surface area contributed by atoms with Gasteiger partial charge in [0, 0.05) is 12.0 Å². The van der Waals surface area contributed by atoms with E-state index in [1.54, 1.807) is 13.1 Å². The Bertz CT molecular complexity index is 739. The predicted molar refractivity (Wildman–Crippen MR) is 102 cm³/mol. The fourth-order valence-electron chi connectivity index (χ4n) is 2.29. The number of ether oxygens (including phenoxy) is 2. The van der Waals surface area contributed by atoms with Crippen LogP contribution < -0.4 is 5.43 Å². The number of nitrogens with one attached hydrogen (secondary N) is 1. The molecule has 1 saturated carbocycles. The maximum absolute atomic E-state index is 11.4. The molecule has 1 N–H and O–H groups in total. The van der Waals surface area contributed by atoms with Crippen LogP contribution in [0.1, 0.15) is 36.6 Å². The molecule has 0 spiro atoms. The normalized spacial score (nSPS) is 13.9. The summed E-state index contributed by atoms with van der Waals surface area (Å²) in [6.07, 6.45) is 4.54. The van der Waals surface area contributed by atoms with Gasteiger partial charge in [0.1, 0.15) is 0 Å². The number of rotatable bonds is 10. The Morgan fingerprint density at radius 3 is 2.92 bits per heavy atom. The van der Waals surface area contributed by atoms with Crippen molar-refractivity contribution >= 4 is 28.7 Å². The average molecular weight is 373 g/mol. The summed E-state index contributed by atoms with van der Waals surface area (Å²) in [5.74, 6) is 0.519. The number of aromatic nitrogens is 1. The molecule has 1 heterocycles. The molecular weight excluding hydrogens is 350 g/mol. The highest BCUT2D eigenvalue weighted by Crippen LogP contribution is 2.29. The van der Waals surface area contributed by atoms with Crippen molar-refractivity contribution in [2.24, 2.45) is 11.0 Å². The number of nitrogens with zero attached hydrogens (tertiary/aromatic N) is 2. The first-order valence-corrected chi connectivity index (χ1v) is 9.66. The van der Waals surface area contributed by atoms with Crippen LogP contribution in [-0.2, 0) is 27.3 Å². The second-order valence-electron chi connectivity index (χ2n) is 6.20. The molecule has 0 saturated heterocycles. The van der Waals surface area contributed by atoms with Crippen LogP contribution in [-0.4, -0.2) is 30.4 Å². The average Bonchev–Trinajstić information content (AvgIpc) is 3.35. The number of benzene rings is 1. The number of carbonyl (C=O) groups is 1. The van der Waals surface area contributed by atoms with Crippen molar-refractivity contribution in [3.63, 3.8) is 0 Å². The molecule has 26 heavy (non-hydrogen) atoms. The number of thiazole rings is 1. The number of hydrazone groups is 1. The topological polar surface area (TPSA) is 72.8 Å². The van der Waals surface area contributed by atoms with E-state index >= 15 is 0 Å². The van der Waals surface area contributed by atoms with Crippen LogP contribution in [0.15, 0.2) is 34.7 Å². The number of hydrogen-bond donors (Lipinski definition) is 1. The van der Waals surface area contributed by atoms with Crippen LogP contribution in [0.3, 0.4) is 0 Å². The summed E-state index contributed by atoms with van der Waals surface area (Å²) >= 11 is 1.40. The number of esters is 1. The van der Waals surface area contributed by atoms with Gasteiger partial charge in [-0.25, -0.2) is 4.98 Å². The van der Waals surface area contributed by atoms with E-state index in [9.17, 15) is 4.79 Å². The largest absolute Gasteiger partial charge is 0.466 e. The summed E-state index contributed by atoms with van der Waals surface area (Å²) in [7, 11) is 0. The summed E-state index contributed by atoms with van der Waals surface area (Å²) in [6.45, 7) is 3.70. The molecule has 3 rings (SSSR count). The minimum atomic E-state index is -0.269. The molecule has 1 aromatic carbocycles. The van der Waals surface area contributed by atoms with Crippen LogP contribution in [0.4, 0.5) is 5.13 Å². The van der Waals surface area contributed by atoms with Crippen LogP contribution in [0.2, 0.25) is 0 Å². The van der Waals surface area contributed by atoms with E-state index in [0.717, 1.165) is 18.1 Å². The van der Waals surface area contributed by atoms with Crippen molar-refractivity contribution < 1.29 is 14.3 Å². The van der Waals surface area contributed by atoms with E-state index in [2.05, 4.69) is 27.6 Å².